The molecule has 0 aromatic heterocycles. The van der Waals surface area contributed by atoms with E-state index in [1.54, 1.807) is 0 Å². The third kappa shape index (κ3) is 3.16. The van der Waals surface area contributed by atoms with Crippen molar-refractivity contribution in [2.45, 2.75) is 37.6 Å². The minimum atomic E-state index is -3.57. The van der Waals surface area contributed by atoms with Gasteiger partial charge in [-0.1, -0.05) is 12.8 Å². The summed E-state index contributed by atoms with van der Waals surface area (Å²) in [6, 6.07) is 0. The second-order valence-electron chi connectivity index (χ2n) is 4.45. The predicted octanol–water partition coefficient (Wildman–Crippen LogP) is 0.170. The average molecular weight is 250 g/mol. The molecule has 1 fully saturated rings. The van der Waals surface area contributed by atoms with Crippen molar-refractivity contribution in [3.8, 4) is 0 Å². The first-order chi connectivity index (χ1) is 7.27. The van der Waals surface area contributed by atoms with Crippen molar-refractivity contribution in [2.75, 3.05) is 14.1 Å². The number of aliphatic carboxylic acids is 1. The van der Waals surface area contributed by atoms with Gasteiger partial charge in [0.05, 0.1) is 6.42 Å². The summed E-state index contributed by atoms with van der Waals surface area (Å²) in [5, 5.41) is 8.83. The molecule has 1 aliphatic rings. The Hall–Kier alpha value is -0.660. The van der Waals surface area contributed by atoms with Gasteiger partial charge in [0.2, 0.25) is 0 Å². The number of rotatable bonds is 5. The topological polar surface area (TPSA) is 86.7 Å². The van der Waals surface area contributed by atoms with Gasteiger partial charge in [-0.15, -0.1) is 0 Å². The highest BCUT2D eigenvalue weighted by atomic mass is 32.2. The molecule has 2 N–H and O–H groups in total. The van der Waals surface area contributed by atoms with E-state index in [0.29, 0.717) is 12.8 Å². The molecule has 1 rings (SSSR count). The first-order valence-corrected chi connectivity index (χ1v) is 6.65. The summed E-state index contributed by atoms with van der Waals surface area (Å²) in [4.78, 5) is 10.8. The predicted molar refractivity (Wildman–Crippen MR) is 59.2 cm³/mol. The molecule has 1 aliphatic carbocycles. The third-order valence-electron chi connectivity index (χ3n) is 2.88. The Kier molecular flexibility index (Phi) is 3.92. The Balaban J connectivity index is 2.84. The molecule has 0 atom stereocenters. The molecule has 0 aromatic rings. The van der Waals surface area contributed by atoms with Gasteiger partial charge in [-0.25, -0.2) is 0 Å². The molecule has 16 heavy (non-hydrogen) atoms. The van der Waals surface area contributed by atoms with Gasteiger partial charge in [0, 0.05) is 19.6 Å². The van der Waals surface area contributed by atoms with Crippen LogP contribution in [-0.2, 0) is 15.0 Å². The van der Waals surface area contributed by atoms with Gasteiger partial charge in [0.25, 0.3) is 10.2 Å². The van der Waals surface area contributed by atoms with Crippen LogP contribution in [0.5, 0.6) is 0 Å². The summed E-state index contributed by atoms with van der Waals surface area (Å²) in [5.74, 6) is -0.969. The standard InChI is InChI=1S/C9H18N2O4S/c1-11(2)16(14,15)10-9(7-8(12)13)5-3-4-6-9/h10H,3-7H2,1-2H3,(H,12,13). The fourth-order valence-corrected chi connectivity index (χ4v) is 3.03. The molecular weight excluding hydrogens is 232 g/mol. The molecule has 6 nitrogen and oxygen atoms in total. The summed E-state index contributed by atoms with van der Waals surface area (Å²) in [5.41, 5.74) is -0.797. The van der Waals surface area contributed by atoms with Gasteiger partial charge in [-0.2, -0.15) is 17.4 Å². The molecule has 1 saturated carbocycles. The van der Waals surface area contributed by atoms with Crippen molar-refractivity contribution in [2.24, 2.45) is 0 Å². The lowest BCUT2D eigenvalue weighted by atomic mass is 9.95. The molecule has 0 aliphatic heterocycles. The minimum Gasteiger partial charge on any atom is -0.481 e. The highest BCUT2D eigenvalue weighted by Crippen LogP contribution is 2.33. The summed E-state index contributed by atoms with van der Waals surface area (Å²) >= 11 is 0. The summed E-state index contributed by atoms with van der Waals surface area (Å²) in [6.07, 6.45) is 2.76. The van der Waals surface area contributed by atoms with Crippen molar-refractivity contribution >= 4 is 16.2 Å². The van der Waals surface area contributed by atoms with Crippen LogP contribution >= 0.6 is 0 Å². The average Bonchev–Trinajstić information content (AvgIpc) is 2.50. The second-order valence-corrected chi connectivity index (χ2v) is 6.33. The second kappa shape index (κ2) is 4.68. The minimum absolute atomic E-state index is 0.153. The van der Waals surface area contributed by atoms with E-state index in [2.05, 4.69) is 4.72 Å². The summed E-state index contributed by atoms with van der Waals surface area (Å²) in [7, 11) is -0.721. The van der Waals surface area contributed by atoms with Crippen molar-refractivity contribution in [1.82, 2.24) is 9.03 Å². The zero-order valence-electron chi connectivity index (χ0n) is 9.56. The first kappa shape index (κ1) is 13.4. The molecular formula is C9H18N2O4S. The number of hydrogen-bond donors (Lipinski definition) is 2. The Labute approximate surface area is 95.8 Å². The van der Waals surface area contributed by atoms with Crippen LogP contribution in [0.3, 0.4) is 0 Å². The summed E-state index contributed by atoms with van der Waals surface area (Å²) < 4.78 is 27.0. The van der Waals surface area contributed by atoms with E-state index in [1.807, 2.05) is 0 Å². The van der Waals surface area contributed by atoms with Crippen molar-refractivity contribution < 1.29 is 18.3 Å². The molecule has 7 heteroatoms. The zero-order chi connectivity index (χ0) is 12.4. The van der Waals surface area contributed by atoms with Gasteiger partial charge in [-0.3, -0.25) is 4.79 Å². The Morgan fingerprint density at radius 2 is 1.88 bits per heavy atom. The first-order valence-electron chi connectivity index (χ1n) is 5.21. The van der Waals surface area contributed by atoms with E-state index in [4.69, 9.17) is 5.11 Å². The smallest absolute Gasteiger partial charge is 0.305 e. The van der Waals surface area contributed by atoms with E-state index >= 15 is 0 Å². The Bertz CT molecular complexity index is 358. The van der Waals surface area contributed by atoms with Gasteiger partial charge in [-0.05, 0) is 12.8 Å². The Morgan fingerprint density at radius 1 is 1.38 bits per heavy atom. The number of nitrogens with one attached hydrogen (secondary N) is 1. The number of carbonyl (C=O) groups is 1. The lowest BCUT2D eigenvalue weighted by molar-refractivity contribution is -0.138. The zero-order valence-corrected chi connectivity index (χ0v) is 10.4. The van der Waals surface area contributed by atoms with Crippen molar-refractivity contribution in [3.05, 3.63) is 0 Å². The quantitative estimate of drug-likeness (QED) is 0.728. The lowest BCUT2D eigenvalue weighted by Gasteiger charge is -2.29. The largest absolute Gasteiger partial charge is 0.481 e. The van der Waals surface area contributed by atoms with Crippen LogP contribution in [0.1, 0.15) is 32.1 Å². The monoisotopic (exact) mass is 250 g/mol. The van der Waals surface area contributed by atoms with Crippen molar-refractivity contribution in [3.63, 3.8) is 0 Å². The molecule has 0 saturated heterocycles. The maximum Gasteiger partial charge on any atom is 0.305 e. The van der Waals surface area contributed by atoms with Crippen LogP contribution in [0.2, 0.25) is 0 Å². The number of hydrogen-bond acceptors (Lipinski definition) is 3. The van der Waals surface area contributed by atoms with Crippen LogP contribution in [0.4, 0.5) is 0 Å². The van der Waals surface area contributed by atoms with E-state index in [-0.39, 0.29) is 6.42 Å². The lowest BCUT2D eigenvalue weighted by Crippen LogP contribution is -2.51. The molecule has 94 valence electrons. The molecule has 0 radical (unpaired) electrons. The van der Waals surface area contributed by atoms with Gasteiger partial charge in [0.15, 0.2) is 0 Å². The molecule has 0 heterocycles. The molecule has 0 spiro atoms. The fraction of sp³-hybridized carbons (Fsp3) is 0.889. The van der Waals surface area contributed by atoms with Crippen LogP contribution in [0.25, 0.3) is 0 Å². The maximum absolute atomic E-state index is 11.7. The fourth-order valence-electron chi connectivity index (χ4n) is 2.02. The van der Waals surface area contributed by atoms with Gasteiger partial charge < -0.3 is 5.11 Å². The number of nitrogens with zero attached hydrogens (tertiary/aromatic N) is 1. The van der Waals surface area contributed by atoms with Crippen LogP contribution in [0, 0.1) is 0 Å². The molecule has 0 unspecified atom stereocenters. The number of carboxylic acids is 1. The van der Waals surface area contributed by atoms with E-state index in [0.717, 1.165) is 17.1 Å². The van der Waals surface area contributed by atoms with Gasteiger partial charge >= 0.3 is 5.97 Å². The molecule has 0 amide bonds. The third-order valence-corrected chi connectivity index (χ3v) is 4.53. The van der Waals surface area contributed by atoms with E-state index in [1.165, 1.54) is 14.1 Å². The molecule has 0 aromatic carbocycles. The SMILES string of the molecule is CN(C)S(=O)(=O)NC1(CC(=O)O)CCCC1. The van der Waals surface area contributed by atoms with Crippen molar-refractivity contribution in [1.29, 1.82) is 0 Å². The highest BCUT2D eigenvalue weighted by Gasteiger charge is 2.39. The molecule has 0 bridgehead atoms. The van der Waals surface area contributed by atoms with E-state index in [9.17, 15) is 13.2 Å². The van der Waals surface area contributed by atoms with E-state index < -0.39 is 21.7 Å². The maximum atomic E-state index is 11.7. The normalized spacial score (nSPS) is 20.2. The summed E-state index contributed by atoms with van der Waals surface area (Å²) in [6.45, 7) is 0. The number of carboxylic acid groups (broad SMARTS) is 1. The highest BCUT2D eigenvalue weighted by molar-refractivity contribution is 7.87. The van der Waals surface area contributed by atoms with Gasteiger partial charge in [0.1, 0.15) is 0 Å². The van der Waals surface area contributed by atoms with Crippen LogP contribution in [-0.4, -0.2) is 43.4 Å². The Morgan fingerprint density at radius 3 is 2.25 bits per heavy atom. The van der Waals surface area contributed by atoms with Crippen LogP contribution in [0.15, 0.2) is 0 Å². The van der Waals surface area contributed by atoms with Crippen LogP contribution < -0.4 is 4.72 Å².